The first-order chi connectivity index (χ1) is 15.2. The van der Waals surface area contributed by atoms with Crippen LogP contribution in [0.5, 0.6) is 0 Å². The molecule has 2 aliphatic rings. The van der Waals surface area contributed by atoms with Crippen LogP contribution < -0.4 is 10.6 Å². The maximum absolute atomic E-state index is 13.6. The van der Waals surface area contributed by atoms with Crippen molar-refractivity contribution in [2.75, 3.05) is 6.61 Å². The molecule has 4 atom stereocenters. The van der Waals surface area contributed by atoms with E-state index in [-0.39, 0.29) is 23.8 Å². The van der Waals surface area contributed by atoms with E-state index in [0.717, 1.165) is 5.56 Å². The second kappa shape index (κ2) is 8.60. The van der Waals surface area contributed by atoms with E-state index < -0.39 is 28.8 Å². The summed E-state index contributed by atoms with van der Waals surface area (Å²) in [6.07, 6.45) is 0. The molecule has 7 nitrogen and oxygen atoms in total. The fraction of sp³-hybridized carbons (Fsp3) is 0.375. The highest BCUT2D eigenvalue weighted by Crippen LogP contribution is 2.56. The summed E-state index contributed by atoms with van der Waals surface area (Å²) in [5.74, 6) is -0.965. The Bertz CT molecular complexity index is 1040. The van der Waals surface area contributed by atoms with E-state index in [0.29, 0.717) is 11.1 Å². The van der Waals surface area contributed by atoms with E-state index in [1.807, 2.05) is 38.1 Å². The minimum atomic E-state index is -0.947. The van der Waals surface area contributed by atoms with Crippen LogP contribution in [-0.2, 0) is 9.59 Å². The molecular formula is C24H27N3O4S. The second-order valence-electron chi connectivity index (χ2n) is 8.72. The molecule has 2 heterocycles. The summed E-state index contributed by atoms with van der Waals surface area (Å²) in [6, 6.07) is 14.2. The van der Waals surface area contributed by atoms with Crippen LogP contribution in [-0.4, -0.2) is 51.2 Å². The summed E-state index contributed by atoms with van der Waals surface area (Å²) >= 11 is 1.58. The zero-order chi connectivity index (χ0) is 23.0. The first-order valence-corrected chi connectivity index (χ1v) is 11.5. The molecule has 0 aliphatic carbocycles. The minimum Gasteiger partial charge on any atom is -0.394 e. The summed E-state index contributed by atoms with van der Waals surface area (Å²) in [5, 5.41) is 14.7. The van der Waals surface area contributed by atoms with Crippen molar-refractivity contribution in [1.82, 2.24) is 15.5 Å². The van der Waals surface area contributed by atoms with Gasteiger partial charge in [-0.25, -0.2) is 0 Å². The first kappa shape index (κ1) is 22.4. The van der Waals surface area contributed by atoms with E-state index in [4.69, 9.17) is 0 Å². The van der Waals surface area contributed by atoms with Gasteiger partial charge >= 0.3 is 0 Å². The number of benzene rings is 2. The van der Waals surface area contributed by atoms with Crippen LogP contribution in [0, 0.1) is 0 Å². The number of carbonyl (C=O) groups is 3. The molecule has 0 bridgehead atoms. The van der Waals surface area contributed by atoms with Crippen LogP contribution in [0.3, 0.4) is 0 Å². The molecule has 0 unspecified atom stereocenters. The predicted octanol–water partition coefficient (Wildman–Crippen LogP) is 2.39. The molecule has 168 valence electrons. The Hall–Kier alpha value is -2.84. The Labute approximate surface area is 191 Å². The quantitative estimate of drug-likeness (QED) is 0.624. The molecule has 1 saturated heterocycles. The van der Waals surface area contributed by atoms with Gasteiger partial charge in [-0.2, -0.15) is 0 Å². The third-order valence-electron chi connectivity index (χ3n) is 5.89. The largest absolute Gasteiger partial charge is 0.394 e. The predicted molar refractivity (Wildman–Crippen MR) is 123 cm³/mol. The molecule has 2 aromatic rings. The van der Waals surface area contributed by atoms with Crippen molar-refractivity contribution < 1.29 is 19.5 Å². The molecule has 1 fully saturated rings. The van der Waals surface area contributed by atoms with Gasteiger partial charge in [0.15, 0.2) is 0 Å². The lowest BCUT2D eigenvalue weighted by Gasteiger charge is -2.31. The molecule has 8 heteroatoms. The molecule has 32 heavy (non-hydrogen) atoms. The number of amides is 3. The second-order valence-corrected chi connectivity index (χ2v) is 10.5. The molecule has 2 aromatic carbocycles. The summed E-state index contributed by atoms with van der Waals surface area (Å²) in [5.41, 5.74) is 2.16. The SMILES string of the molecule is C[C@@H](CO)NC(=O)[C@@H](NC(=O)[C@H]1N2C(=O)c3ccccc3[C@H]2SC1(C)C)c1ccccc1. The van der Waals surface area contributed by atoms with Crippen LogP contribution >= 0.6 is 11.8 Å². The average Bonchev–Trinajstić information content (AvgIpc) is 3.21. The fourth-order valence-corrected chi connectivity index (χ4v) is 5.93. The maximum atomic E-state index is 13.6. The molecule has 4 rings (SSSR count). The number of rotatable bonds is 6. The van der Waals surface area contributed by atoms with E-state index in [1.165, 1.54) is 0 Å². The zero-order valence-corrected chi connectivity index (χ0v) is 19.1. The van der Waals surface area contributed by atoms with Gasteiger partial charge in [-0.1, -0.05) is 48.5 Å². The molecule has 0 saturated carbocycles. The van der Waals surface area contributed by atoms with Crippen molar-refractivity contribution in [2.24, 2.45) is 0 Å². The van der Waals surface area contributed by atoms with Crippen molar-refractivity contribution in [3.05, 3.63) is 71.3 Å². The fourth-order valence-electron chi connectivity index (χ4n) is 4.34. The number of carbonyl (C=O) groups excluding carboxylic acids is 3. The summed E-state index contributed by atoms with van der Waals surface area (Å²) < 4.78 is -0.548. The standard InChI is InChI=1S/C24H27N3O4S/c1-14(13-28)25-20(29)18(15-9-5-4-6-10-15)26-21(30)19-24(2,3)32-23-17-12-8-7-11-16(17)22(31)27(19)23/h4-12,14,18-19,23,28H,13H2,1-3H3,(H,25,29)(H,26,30)/t14-,18-,19+,23+/m0/s1. The monoisotopic (exact) mass is 453 g/mol. The summed E-state index contributed by atoms with van der Waals surface area (Å²) in [4.78, 5) is 41.4. The van der Waals surface area contributed by atoms with E-state index in [2.05, 4.69) is 10.6 Å². The van der Waals surface area contributed by atoms with Crippen molar-refractivity contribution in [2.45, 2.75) is 49.0 Å². The van der Waals surface area contributed by atoms with Gasteiger partial charge in [0.05, 0.1) is 6.61 Å². The highest BCUT2D eigenvalue weighted by molar-refractivity contribution is 8.01. The molecule has 2 aliphatic heterocycles. The number of aliphatic hydroxyl groups is 1. The van der Waals surface area contributed by atoms with Crippen molar-refractivity contribution in [3.63, 3.8) is 0 Å². The van der Waals surface area contributed by atoms with Gasteiger partial charge in [0.25, 0.3) is 5.91 Å². The molecule has 0 radical (unpaired) electrons. The van der Waals surface area contributed by atoms with Gasteiger partial charge in [0.2, 0.25) is 11.8 Å². The molecule has 0 spiro atoms. The third-order valence-corrected chi connectivity index (χ3v) is 7.42. The Kier molecular flexibility index (Phi) is 6.01. The highest BCUT2D eigenvalue weighted by Gasteiger charge is 2.57. The normalized spacial score (nSPS) is 22.6. The van der Waals surface area contributed by atoms with Crippen molar-refractivity contribution in [1.29, 1.82) is 0 Å². The maximum Gasteiger partial charge on any atom is 0.256 e. The van der Waals surface area contributed by atoms with Gasteiger partial charge in [-0.05, 0) is 38.0 Å². The number of nitrogens with zero attached hydrogens (tertiary/aromatic N) is 1. The smallest absolute Gasteiger partial charge is 0.256 e. The molecule has 3 N–H and O–H groups in total. The van der Waals surface area contributed by atoms with Crippen LogP contribution in [0.1, 0.15) is 53.7 Å². The third kappa shape index (κ3) is 3.89. The van der Waals surface area contributed by atoms with Crippen LogP contribution in [0.25, 0.3) is 0 Å². The van der Waals surface area contributed by atoms with Crippen LogP contribution in [0.2, 0.25) is 0 Å². The Balaban J connectivity index is 1.63. The average molecular weight is 454 g/mol. The Morgan fingerprint density at radius 3 is 2.44 bits per heavy atom. The number of aliphatic hydroxyl groups excluding tert-OH is 1. The number of nitrogens with one attached hydrogen (secondary N) is 2. The minimum absolute atomic E-state index is 0.168. The lowest BCUT2D eigenvalue weighted by atomic mass is 9.99. The van der Waals surface area contributed by atoms with Gasteiger partial charge in [0, 0.05) is 16.4 Å². The Morgan fingerprint density at radius 2 is 1.75 bits per heavy atom. The van der Waals surface area contributed by atoms with Gasteiger partial charge in [-0.3, -0.25) is 14.4 Å². The number of fused-ring (bicyclic) bond motifs is 3. The van der Waals surface area contributed by atoms with Gasteiger partial charge in [0.1, 0.15) is 17.5 Å². The lowest BCUT2D eigenvalue weighted by Crippen LogP contribution is -2.55. The highest BCUT2D eigenvalue weighted by atomic mass is 32.2. The summed E-state index contributed by atoms with van der Waals surface area (Å²) in [7, 11) is 0. The van der Waals surface area contributed by atoms with Crippen LogP contribution in [0.15, 0.2) is 54.6 Å². The first-order valence-electron chi connectivity index (χ1n) is 10.6. The number of hydrogen-bond acceptors (Lipinski definition) is 5. The molecular weight excluding hydrogens is 426 g/mol. The van der Waals surface area contributed by atoms with Gasteiger partial charge in [-0.15, -0.1) is 11.8 Å². The van der Waals surface area contributed by atoms with E-state index >= 15 is 0 Å². The zero-order valence-electron chi connectivity index (χ0n) is 18.2. The summed E-state index contributed by atoms with van der Waals surface area (Å²) in [6.45, 7) is 5.36. The topological polar surface area (TPSA) is 98.7 Å². The van der Waals surface area contributed by atoms with E-state index in [9.17, 15) is 19.5 Å². The van der Waals surface area contributed by atoms with Gasteiger partial charge < -0.3 is 20.6 Å². The Morgan fingerprint density at radius 1 is 1.09 bits per heavy atom. The van der Waals surface area contributed by atoms with Crippen molar-refractivity contribution in [3.8, 4) is 0 Å². The van der Waals surface area contributed by atoms with Crippen LogP contribution in [0.4, 0.5) is 0 Å². The van der Waals surface area contributed by atoms with E-state index in [1.54, 1.807) is 53.9 Å². The molecule has 3 amide bonds. The van der Waals surface area contributed by atoms with Crippen molar-refractivity contribution >= 4 is 29.5 Å². The number of hydrogen-bond donors (Lipinski definition) is 3. The lowest BCUT2D eigenvalue weighted by molar-refractivity contribution is -0.132. The number of thioether (sulfide) groups is 1. The molecule has 0 aromatic heterocycles.